The van der Waals surface area contributed by atoms with Gasteiger partial charge in [-0.3, -0.25) is 14.9 Å². The normalized spacial score (nSPS) is 21.5. The molecule has 1 aromatic rings. The van der Waals surface area contributed by atoms with Crippen LogP contribution in [0.5, 0.6) is 0 Å². The molecule has 1 saturated carbocycles. The molecule has 0 radical (unpaired) electrons. The van der Waals surface area contributed by atoms with Crippen LogP contribution in [0.25, 0.3) is 0 Å². The van der Waals surface area contributed by atoms with Gasteiger partial charge in [0.2, 0.25) is 0 Å². The van der Waals surface area contributed by atoms with Crippen LogP contribution in [0, 0.1) is 10.1 Å². The van der Waals surface area contributed by atoms with E-state index < -0.39 is 4.92 Å². The molecule has 2 atom stereocenters. The first-order valence-corrected chi connectivity index (χ1v) is 6.87. The van der Waals surface area contributed by atoms with Gasteiger partial charge in [0, 0.05) is 24.7 Å². The third-order valence-corrected chi connectivity index (χ3v) is 4.00. The second-order valence-electron chi connectivity index (χ2n) is 4.77. The predicted molar refractivity (Wildman–Crippen MR) is 77.4 cm³/mol. The Balaban J connectivity index is 2.17. The standard InChI is InChI=1S/C13H16ClN3O3/c1-15-11-6-5-8(7-12(11)17(19)20)13(18)16-10-4-2-3-9(10)14/h5-7,9-10,15H,2-4H2,1H3,(H,16,18). The first-order chi connectivity index (χ1) is 9.52. The summed E-state index contributed by atoms with van der Waals surface area (Å²) in [6, 6.07) is 4.30. The summed E-state index contributed by atoms with van der Waals surface area (Å²) in [5.41, 5.74) is 0.531. The lowest BCUT2D eigenvalue weighted by Crippen LogP contribution is -2.37. The summed E-state index contributed by atoms with van der Waals surface area (Å²) in [5, 5.41) is 16.5. The molecule has 0 spiro atoms. The number of nitrogens with zero attached hydrogens (tertiary/aromatic N) is 1. The minimum atomic E-state index is -0.511. The quantitative estimate of drug-likeness (QED) is 0.508. The van der Waals surface area contributed by atoms with E-state index >= 15 is 0 Å². The monoisotopic (exact) mass is 297 g/mol. The number of nitrogens with one attached hydrogen (secondary N) is 2. The van der Waals surface area contributed by atoms with Gasteiger partial charge in [-0.15, -0.1) is 11.6 Å². The number of alkyl halides is 1. The van der Waals surface area contributed by atoms with Crippen LogP contribution < -0.4 is 10.6 Å². The molecule has 20 heavy (non-hydrogen) atoms. The Morgan fingerprint density at radius 3 is 2.75 bits per heavy atom. The van der Waals surface area contributed by atoms with Crippen molar-refractivity contribution in [3.8, 4) is 0 Å². The van der Waals surface area contributed by atoms with E-state index in [0.29, 0.717) is 5.69 Å². The summed E-state index contributed by atoms with van der Waals surface area (Å²) in [5.74, 6) is -0.326. The van der Waals surface area contributed by atoms with Crippen molar-refractivity contribution in [1.29, 1.82) is 0 Å². The van der Waals surface area contributed by atoms with Crippen LogP contribution in [0.2, 0.25) is 0 Å². The van der Waals surface area contributed by atoms with E-state index in [1.807, 2.05) is 0 Å². The molecule has 1 fully saturated rings. The highest BCUT2D eigenvalue weighted by molar-refractivity contribution is 6.21. The van der Waals surface area contributed by atoms with Gasteiger partial charge in [-0.1, -0.05) is 0 Å². The average Bonchev–Trinajstić information content (AvgIpc) is 2.83. The summed E-state index contributed by atoms with van der Waals surface area (Å²) in [6.07, 6.45) is 2.71. The van der Waals surface area contributed by atoms with Crippen LogP contribution in [0.15, 0.2) is 18.2 Å². The lowest BCUT2D eigenvalue weighted by atomic mass is 10.1. The van der Waals surface area contributed by atoms with Crippen molar-refractivity contribution < 1.29 is 9.72 Å². The Morgan fingerprint density at radius 2 is 2.20 bits per heavy atom. The highest BCUT2D eigenvalue weighted by atomic mass is 35.5. The van der Waals surface area contributed by atoms with Gasteiger partial charge in [-0.05, 0) is 31.4 Å². The zero-order chi connectivity index (χ0) is 14.7. The first-order valence-electron chi connectivity index (χ1n) is 6.44. The van der Waals surface area contributed by atoms with Crippen molar-refractivity contribution in [3.63, 3.8) is 0 Å². The Labute approximate surface area is 121 Å². The summed E-state index contributed by atoms with van der Waals surface area (Å²) in [4.78, 5) is 22.6. The van der Waals surface area contributed by atoms with Crippen molar-refractivity contribution in [2.24, 2.45) is 0 Å². The molecule has 0 saturated heterocycles. The van der Waals surface area contributed by atoms with E-state index in [9.17, 15) is 14.9 Å². The third-order valence-electron chi connectivity index (χ3n) is 3.47. The van der Waals surface area contributed by atoms with Crippen LogP contribution >= 0.6 is 11.6 Å². The Bertz CT molecular complexity index is 536. The number of anilines is 1. The number of halogens is 1. The fraction of sp³-hybridized carbons (Fsp3) is 0.462. The molecular weight excluding hydrogens is 282 g/mol. The van der Waals surface area contributed by atoms with Crippen LogP contribution in [-0.2, 0) is 0 Å². The van der Waals surface area contributed by atoms with Crippen molar-refractivity contribution >= 4 is 28.9 Å². The molecule has 0 aromatic heterocycles. The van der Waals surface area contributed by atoms with Gasteiger partial charge in [0.15, 0.2) is 0 Å². The van der Waals surface area contributed by atoms with E-state index in [1.54, 1.807) is 13.1 Å². The molecule has 1 amide bonds. The lowest BCUT2D eigenvalue weighted by Gasteiger charge is -2.16. The summed E-state index contributed by atoms with van der Waals surface area (Å²) in [6.45, 7) is 0. The molecule has 1 aliphatic carbocycles. The molecule has 6 nitrogen and oxygen atoms in total. The van der Waals surface area contributed by atoms with Crippen LogP contribution in [-0.4, -0.2) is 29.3 Å². The lowest BCUT2D eigenvalue weighted by molar-refractivity contribution is -0.384. The SMILES string of the molecule is CNc1ccc(C(=O)NC2CCCC2Cl)cc1[N+](=O)[O-]. The van der Waals surface area contributed by atoms with Gasteiger partial charge in [0.25, 0.3) is 11.6 Å². The second-order valence-corrected chi connectivity index (χ2v) is 5.33. The predicted octanol–water partition coefficient (Wildman–Crippen LogP) is 2.53. The fourth-order valence-corrected chi connectivity index (χ4v) is 2.71. The number of hydrogen-bond acceptors (Lipinski definition) is 4. The van der Waals surface area contributed by atoms with Crippen molar-refractivity contribution in [1.82, 2.24) is 5.32 Å². The zero-order valence-electron chi connectivity index (χ0n) is 11.1. The van der Waals surface area contributed by atoms with Crippen LogP contribution in [0.3, 0.4) is 0 Å². The largest absolute Gasteiger partial charge is 0.383 e. The van der Waals surface area contributed by atoms with Gasteiger partial charge < -0.3 is 10.6 Å². The van der Waals surface area contributed by atoms with E-state index in [4.69, 9.17) is 11.6 Å². The summed E-state index contributed by atoms with van der Waals surface area (Å²) in [7, 11) is 1.60. The molecule has 0 aliphatic heterocycles. The Hall–Kier alpha value is -1.82. The Morgan fingerprint density at radius 1 is 1.45 bits per heavy atom. The van der Waals surface area contributed by atoms with Gasteiger partial charge in [-0.2, -0.15) is 0 Å². The molecule has 1 aliphatic rings. The van der Waals surface area contributed by atoms with E-state index in [0.717, 1.165) is 19.3 Å². The van der Waals surface area contributed by atoms with Gasteiger partial charge >= 0.3 is 0 Å². The number of nitro benzene ring substituents is 1. The van der Waals surface area contributed by atoms with Crippen molar-refractivity contribution in [3.05, 3.63) is 33.9 Å². The van der Waals surface area contributed by atoms with Crippen LogP contribution in [0.1, 0.15) is 29.6 Å². The first kappa shape index (κ1) is 14.6. The molecular formula is C13H16ClN3O3. The molecule has 2 unspecified atom stereocenters. The minimum absolute atomic E-state index is 0.0628. The number of amides is 1. The average molecular weight is 298 g/mol. The maximum Gasteiger partial charge on any atom is 0.293 e. The highest BCUT2D eigenvalue weighted by Crippen LogP contribution is 2.27. The Kier molecular flexibility index (Phi) is 4.44. The van der Waals surface area contributed by atoms with E-state index in [1.165, 1.54) is 12.1 Å². The van der Waals surface area contributed by atoms with Crippen molar-refractivity contribution in [2.75, 3.05) is 12.4 Å². The number of rotatable bonds is 4. The summed E-state index contributed by atoms with van der Waals surface area (Å²) >= 11 is 6.11. The topological polar surface area (TPSA) is 84.3 Å². The van der Waals surface area contributed by atoms with E-state index in [-0.39, 0.29) is 28.6 Å². The maximum absolute atomic E-state index is 12.1. The number of benzene rings is 1. The summed E-state index contributed by atoms with van der Waals surface area (Å²) < 4.78 is 0. The smallest absolute Gasteiger partial charge is 0.293 e. The molecule has 2 N–H and O–H groups in total. The molecule has 2 rings (SSSR count). The zero-order valence-corrected chi connectivity index (χ0v) is 11.8. The highest BCUT2D eigenvalue weighted by Gasteiger charge is 2.27. The number of carbonyl (C=O) groups is 1. The second kappa shape index (κ2) is 6.09. The number of nitro groups is 1. The fourth-order valence-electron chi connectivity index (χ4n) is 2.36. The van der Waals surface area contributed by atoms with Crippen molar-refractivity contribution in [2.45, 2.75) is 30.7 Å². The maximum atomic E-state index is 12.1. The third kappa shape index (κ3) is 3.01. The van der Waals surface area contributed by atoms with Gasteiger partial charge in [0.1, 0.15) is 5.69 Å². The molecule has 1 aromatic carbocycles. The molecule has 0 heterocycles. The van der Waals surface area contributed by atoms with Gasteiger partial charge in [-0.25, -0.2) is 0 Å². The molecule has 108 valence electrons. The molecule has 0 bridgehead atoms. The number of carbonyl (C=O) groups excluding carboxylic acids is 1. The minimum Gasteiger partial charge on any atom is -0.383 e. The van der Waals surface area contributed by atoms with Gasteiger partial charge in [0.05, 0.1) is 10.3 Å². The van der Waals surface area contributed by atoms with E-state index in [2.05, 4.69) is 10.6 Å². The molecule has 7 heteroatoms. The number of hydrogen-bond donors (Lipinski definition) is 2. The van der Waals surface area contributed by atoms with Crippen LogP contribution in [0.4, 0.5) is 11.4 Å².